The molecule has 0 amide bonds. The standard InChI is InChI=1S/C13H12F3N5O2/c1-23-8-5-3-2-4-7(8)18-11(17)21-12-19-9(13(14,15)16)6-10(22)20-12/h2-6H,1H3,(H4,17,18,19,20,21,22)/p+1. The molecule has 2 rings (SSSR count). The van der Waals surface area contributed by atoms with E-state index in [0.29, 0.717) is 17.5 Å². The summed E-state index contributed by atoms with van der Waals surface area (Å²) < 4.78 is 43.0. The van der Waals surface area contributed by atoms with Crippen LogP contribution in [0.5, 0.6) is 5.75 Å². The van der Waals surface area contributed by atoms with Crippen LogP contribution in [0, 0.1) is 0 Å². The fourth-order valence-electron chi connectivity index (χ4n) is 1.71. The summed E-state index contributed by atoms with van der Waals surface area (Å²) in [6.45, 7) is 0. The number of guanidine groups is 1. The second-order valence-electron chi connectivity index (χ2n) is 4.34. The first-order valence-electron chi connectivity index (χ1n) is 6.27. The number of hydrogen-bond donors (Lipinski definition) is 4. The number of para-hydroxylation sites is 2. The van der Waals surface area contributed by atoms with Crippen LogP contribution in [-0.4, -0.2) is 23.0 Å². The van der Waals surface area contributed by atoms with Crippen LogP contribution in [0.2, 0.25) is 0 Å². The van der Waals surface area contributed by atoms with E-state index in [-0.39, 0.29) is 5.96 Å². The van der Waals surface area contributed by atoms with Crippen molar-refractivity contribution in [2.45, 2.75) is 6.18 Å². The topological polar surface area (TPSA) is 107 Å². The van der Waals surface area contributed by atoms with Gasteiger partial charge in [0.1, 0.15) is 5.69 Å². The maximum absolute atomic E-state index is 12.6. The molecule has 23 heavy (non-hydrogen) atoms. The number of rotatable bonds is 3. The van der Waals surface area contributed by atoms with Crippen LogP contribution in [0.4, 0.5) is 24.8 Å². The smallest absolute Gasteiger partial charge is 0.443 e. The number of H-pyrrole nitrogens is 1. The van der Waals surface area contributed by atoms with Gasteiger partial charge in [0.15, 0.2) is 11.4 Å². The van der Waals surface area contributed by atoms with Crippen molar-refractivity contribution in [1.82, 2.24) is 9.97 Å². The van der Waals surface area contributed by atoms with Crippen molar-refractivity contribution in [3.05, 3.63) is 46.4 Å². The number of ether oxygens (including phenoxy) is 1. The lowest BCUT2D eigenvalue weighted by molar-refractivity contribution is -0.366. The summed E-state index contributed by atoms with van der Waals surface area (Å²) >= 11 is 0. The lowest BCUT2D eigenvalue weighted by atomic mass is 10.3. The number of methoxy groups -OCH3 is 1. The number of aromatic amines is 1. The molecule has 5 N–H and O–H groups in total. The average Bonchev–Trinajstić information content (AvgIpc) is 2.46. The lowest BCUT2D eigenvalue weighted by Crippen LogP contribution is -2.73. The quantitative estimate of drug-likeness (QED) is 0.466. The molecule has 0 bridgehead atoms. The molecule has 0 aliphatic rings. The third kappa shape index (κ3) is 4.22. The molecule has 0 spiro atoms. The number of alkyl halides is 3. The Balaban J connectivity index is 2.31. The van der Waals surface area contributed by atoms with Gasteiger partial charge in [0.05, 0.1) is 13.2 Å². The minimum atomic E-state index is -4.74. The molecule has 0 unspecified atom stereocenters. The summed E-state index contributed by atoms with van der Waals surface area (Å²) in [5.41, 5.74) is 3.86. The molecular formula is C13H13F3N5O2+. The Kier molecular flexibility index (Phi) is 4.53. The summed E-state index contributed by atoms with van der Waals surface area (Å²) in [7, 11) is 1.45. The molecule has 1 heterocycles. The predicted octanol–water partition coefficient (Wildman–Crippen LogP) is -0.0638. The fraction of sp³-hybridized carbons (Fsp3) is 0.154. The van der Waals surface area contributed by atoms with Crippen LogP contribution >= 0.6 is 0 Å². The first-order chi connectivity index (χ1) is 10.8. The molecule has 7 nitrogen and oxygen atoms in total. The minimum Gasteiger partial charge on any atom is -0.494 e. The van der Waals surface area contributed by atoms with E-state index in [1.165, 1.54) is 7.11 Å². The third-order valence-electron chi connectivity index (χ3n) is 2.66. The van der Waals surface area contributed by atoms with Crippen molar-refractivity contribution in [1.29, 1.82) is 0 Å². The SMILES string of the molecule is COc1ccccc1NC(N)=[NH+]c1nc(C(F)(F)F)cc(=O)[nH]1. The van der Waals surface area contributed by atoms with Crippen molar-refractivity contribution in [3.8, 4) is 5.75 Å². The molecule has 2 aromatic rings. The Labute approximate surface area is 128 Å². The van der Waals surface area contributed by atoms with Gasteiger partial charge in [-0.2, -0.15) is 13.2 Å². The summed E-state index contributed by atoms with van der Waals surface area (Å²) in [5, 5.41) is 2.70. The molecule has 0 radical (unpaired) electrons. The molecule has 0 atom stereocenters. The molecule has 1 aromatic heterocycles. The molecule has 122 valence electrons. The van der Waals surface area contributed by atoms with Gasteiger partial charge >= 0.3 is 12.1 Å². The van der Waals surface area contributed by atoms with Crippen LogP contribution in [-0.2, 0) is 6.18 Å². The number of nitrogens with zero attached hydrogens (tertiary/aromatic N) is 1. The fourth-order valence-corrected chi connectivity index (χ4v) is 1.71. The maximum atomic E-state index is 12.6. The second kappa shape index (κ2) is 6.38. The van der Waals surface area contributed by atoms with E-state index in [1.54, 1.807) is 24.3 Å². The molecule has 1 aromatic carbocycles. The van der Waals surface area contributed by atoms with E-state index >= 15 is 0 Å². The van der Waals surface area contributed by atoms with E-state index in [2.05, 4.69) is 20.3 Å². The van der Waals surface area contributed by atoms with Crippen molar-refractivity contribution < 1.29 is 22.9 Å². The van der Waals surface area contributed by atoms with Gasteiger partial charge in [-0.3, -0.25) is 10.1 Å². The Hall–Kier alpha value is -3.04. The average molecular weight is 328 g/mol. The van der Waals surface area contributed by atoms with Crippen molar-refractivity contribution in [2.75, 3.05) is 12.4 Å². The van der Waals surface area contributed by atoms with Gasteiger partial charge in [0, 0.05) is 0 Å². The van der Waals surface area contributed by atoms with E-state index in [0.717, 1.165) is 0 Å². The predicted molar refractivity (Wildman–Crippen MR) is 76.3 cm³/mol. The van der Waals surface area contributed by atoms with E-state index in [4.69, 9.17) is 10.5 Å². The van der Waals surface area contributed by atoms with Crippen molar-refractivity contribution in [3.63, 3.8) is 0 Å². The van der Waals surface area contributed by atoms with Crippen LogP contribution in [0.3, 0.4) is 0 Å². The minimum absolute atomic E-state index is 0.142. The van der Waals surface area contributed by atoms with E-state index < -0.39 is 23.4 Å². The van der Waals surface area contributed by atoms with Gasteiger partial charge in [-0.15, -0.1) is 4.98 Å². The third-order valence-corrected chi connectivity index (χ3v) is 2.66. The van der Waals surface area contributed by atoms with Crippen LogP contribution in [0.1, 0.15) is 5.69 Å². The van der Waals surface area contributed by atoms with E-state index in [1.807, 2.05) is 0 Å². The van der Waals surface area contributed by atoms with Gasteiger partial charge in [0.2, 0.25) is 0 Å². The molecule has 0 saturated carbocycles. The Morgan fingerprint density at radius 2 is 2.09 bits per heavy atom. The first-order valence-corrected chi connectivity index (χ1v) is 6.27. The summed E-state index contributed by atoms with van der Waals surface area (Å²) in [4.78, 5) is 19.0. The molecule has 0 aliphatic heterocycles. The monoisotopic (exact) mass is 328 g/mol. The normalized spacial score (nSPS) is 12.1. The van der Waals surface area contributed by atoms with Gasteiger partial charge in [-0.1, -0.05) is 12.1 Å². The Bertz CT molecular complexity index is 786. The highest BCUT2D eigenvalue weighted by molar-refractivity contribution is 5.89. The highest BCUT2D eigenvalue weighted by Crippen LogP contribution is 2.26. The van der Waals surface area contributed by atoms with Crippen molar-refractivity contribution >= 4 is 17.6 Å². The zero-order chi connectivity index (χ0) is 17.0. The zero-order valence-corrected chi connectivity index (χ0v) is 11.9. The molecule has 0 saturated heterocycles. The number of benzene rings is 1. The molecule has 10 heteroatoms. The van der Waals surface area contributed by atoms with Crippen LogP contribution in [0.25, 0.3) is 0 Å². The summed E-state index contributed by atoms with van der Waals surface area (Å²) in [6.07, 6.45) is -4.74. The molecular weight excluding hydrogens is 315 g/mol. The largest absolute Gasteiger partial charge is 0.494 e. The highest BCUT2D eigenvalue weighted by atomic mass is 19.4. The second-order valence-corrected chi connectivity index (χ2v) is 4.34. The summed E-state index contributed by atoms with van der Waals surface area (Å²) in [5.74, 6) is -0.107. The Morgan fingerprint density at radius 1 is 1.39 bits per heavy atom. The van der Waals surface area contributed by atoms with Gasteiger partial charge in [0.25, 0.3) is 11.5 Å². The highest BCUT2D eigenvalue weighted by Gasteiger charge is 2.35. The zero-order valence-electron chi connectivity index (χ0n) is 11.9. The van der Waals surface area contributed by atoms with Crippen LogP contribution < -0.4 is 26.3 Å². The first kappa shape index (κ1) is 16.3. The van der Waals surface area contributed by atoms with Gasteiger partial charge in [-0.25, -0.2) is 9.98 Å². The summed E-state index contributed by atoms with van der Waals surface area (Å²) in [6, 6.07) is 7.12. The maximum Gasteiger partial charge on any atom is 0.443 e. The van der Waals surface area contributed by atoms with Crippen LogP contribution in [0.15, 0.2) is 35.1 Å². The number of halogens is 3. The number of aromatic nitrogens is 2. The number of nitrogens with one attached hydrogen (secondary N) is 3. The van der Waals surface area contributed by atoms with Gasteiger partial charge in [-0.05, 0) is 12.1 Å². The number of hydrogen-bond acceptors (Lipinski definition) is 3. The molecule has 0 fully saturated rings. The Morgan fingerprint density at radius 3 is 2.74 bits per heavy atom. The molecule has 0 aliphatic carbocycles. The number of nitrogens with two attached hydrogens (primary N) is 1. The van der Waals surface area contributed by atoms with E-state index in [9.17, 15) is 18.0 Å². The lowest BCUT2D eigenvalue weighted by Gasteiger charge is -2.07. The van der Waals surface area contributed by atoms with Crippen molar-refractivity contribution in [2.24, 2.45) is 5.73 Å². The number of anilines is 1. The van der Waals surface area contributed by atoms with Gasteiger partial charge < -0.3 is 10.5 Å².